The van der Waals surface area contributed by atoms with Crippen LogP contribution in [0, 0.1) is 23.0 Å². The van der Waals surface area contributed by atoms with Gasteiger partial charge in [-0.25, -0.2) is 8.42 Å². The van der Waals surface area contributed by atoms with E-state index in [4.69, 9.17) is 4.74 Å². The van der Waals surface area contributed by atoms with Crippen LogP contribution in [-0.4, -0.2) is 32.5 Å². The molecule has 0 unspecified atom stereocenters. The fraction of sp³-hybridized carbons (Fsp3) is 0.179. The number of para-hydroxylation sites is 1. The van der Waals surface area contributed by atoms with Crippen molar-refractivity contribution in [3.63, 3.8) is 0 Å². The third-order valence-electron chi connectivity index (χ3n) is 6.22. The maximum atomic E-state index is 14.0. The smallest absolute Gasteiger partial charge is 0.315 e. The predicted molar refractivity (Wildman–Crippen MR) is 142 cm³/mol. The van der Waals surface area contributed by atoms with Gasteiger partial charge in [0.25, 0.3) is 15.7 Å². The SMILES string of the molecule is C=CC1=C(c2ccc([N+](=O)[O-])cc2)[C@H](C(=O)OCC)CN(S(=O)(=O)c2ccc(C)cc2)c2ccccc21. The van der Waals surface area contributed by atoms with Crippen LogP contribution in [0.3, 0.4) is 0 Å². The molecule has 1 aliphatic heterocycles. The molecular formula is C28H26N2O6S. The minimum Gasteiger partial charge on any atom is -0.465 e. The van der Waals surface area contributed by atoms with Crippen LogP contribution in [0.15, 0.2) is 90.3 Å². The van der Waals surface area contributed by atoms with Crippen LogP contribution < -0.4 is 4.31 Å². The zero-order chi connectivity index (χ0) is 26.7. The molecule has 9 heteroatoms. The van der Waals surface area contributed by atoms with E-state index < -0.39 is 26.8 Å². The van der Waals surface area contributed by atoms with Crippen molar-refractivity contribution in [1.82, 2.24) is 0 Å². The number of hydrogen-bond acceptors (Lipinski definition) is 6. The highest BCUT2D eigenvalue weighted by Crippen LogP contribution is 2.43. The first kappa shape index (κ1) is 25.8. The number of fused-ring (bicyclic) bond motifs is 1. The number of non-ortho nitro benzene ring substituents is 1. The van der Waals surface area contributed by atoms with E-state index in [0.29, 0.717) is 28.0 Å². The predicted octanol–water partition coefficient (Wildman–Crippen LogP) is 5.39. The Labute approximate surface area is 215 Å². The zero-order valence-corrected chi connectivity index (χ0v) is 21.3. The Hall–Kier alpha value is -4.24. The third-order valence-corrected chi connectivity index (χ3v) is 8.02. The molecular weight excluding hydrogens is 492 g/mol. The lowest BCUT2D eigenvalue weighted by molar-refractivity contribution is -0.384. The third kappa shape index (κ3) is 4.90. The van der Waals surface area contributed by atoms with Crippen molar-refractivity contribution in [2.45, 2.75) is 18.7 Å². The van der Waals surface area contributed by atoms with Gasteiger partial charge in [0, 0.05) is 17.7 Å². The normalized spacial score (nSPS) is 15.5. The van der Waals surface area contributed by atoms with Gasteiger partial charge in [-0.2, -0.15) is 0 Å². The summed E-state index contributed by atoms with van der Waals surface area (Å²) in [5.41, 5.74) is 3.33. The van der Waals surface area contributed by atoms with E-state index in [0.717, 1.165) is 5.56 Å². The van der Waals surface area contributed by atoms with Crippen LogP contribution in [0.5, 0.6) is 0 Å². The summed E-state index contributed by atoms with van der Waals surface area (Å²) in [7, 11) is -4.08. The summed E-state index contributed by atoms with van der Waals surface area (Å²) in [6.45, 7) is 7.37. The number of nitro groups is 1. The van der Waals surface area contributed by atoms with E-state index >= 15 is 0 Å². The lowest BCUT2D eigenvalue weighted by Gasteiger charge is -2.28. The van der Waals surface area contributed by atoms with E-state index in [1.54, 1.807) is 61.5 Å². The van der Waals surface area contributed by atoms with Crippen LogP contribution in [-0.2, 0) is 19.6 Å². The number of nitrogens with zero attached hydrogens (tertiary/aromatic N) is 2. The topological polar surface area (TPSA) is 107 Å². The maximum Gasteiger partial charge on any atom is 0.315 e. The molecule has 1 atom stereocenters. The van der Waals surface area contributed by atoms with Crippen LogP contribution >= 0.6 is 0 Å². The number of carbonyl (C=O) groups is 1. The maximum absolute atomic E-state index is 14.0. The summed E-state index contributed by atoms with van der Waals surface area (Å²) < 4.78 is 34.5. The Morgan fingerprint density at radius 3 is 2.35 bits per heavy atom. The number of anilines is 1. The highest BCUT2D eigenvalue weighted by atomic mass is 32.2. The van der Waals surface area contributed by atoms with E-state index in [-0.39, 0.29) is 23.7 Å². The number of esters is 1. The van der Waals surface area contributed by atoms with Crippen molar-refractivity contribution >= 4 is 38.5 Å². The molecule has 37 heavy (non-hydrogen) atoms. The van der Waals surface area contributed by atoms with Crippen molar-refractivity contribution in [1.29, 1.82) is 0 Å². The van der Waals surface area contributed by atoms with Gasteiger partial charge in [-0.15, -0.1) is 0 Å². The van der Waals surface area contributed by atoms with Gasteiger partial charge in [-0.3, -0.25) is 19.2 Å². The van der Waals surface area contributed by atoms with Crippen LogP contribution in [0.1, 0.15) is 23.6 Å². The van der Waals surface area contributed by atoms with E-state index in [2.05, 4.69) is 6.58 Å². The molecule has 4 rings (SSSR count). The molecule has 0 spiro atoms. The van der Waals surface area contributed by atoms with Gasteiger partial charge >= 0.3 is 5.97 Å². The molecule has 8 nitrogen and oxygen atoms in total. The van der Waals surface area contributed by atoms with Gasteiger partial charge in [0.15, 0.2) is 0 Å². The molecule has 1 aliphatic rings. The Bertz CT molecular complexity index is 1490. The highest BCUT2D eigenvalue weighted by molar-refractivity contribution is 7.92. The number of benzene rings is 3. The van der Waals surface area contributed by atoms with Crippen LogP contribution in [0.2, 0.25) is 0 Å². The average molecular weight is 519 g/mol. The first-order valence-electron chi connectivity index (χ1n) is 11.7. The summed E-state index contributed by atoms with van der Waals surface area (Å²) in [5.74, 6) is -1.63. The van der Waals surface area contributed by atoms with Gasteiger partial charge < -0.3 is 4.74 Å². The molecule has 3 aromatic carbocycles. The monoisotopic (exact) mass is 518 g/mol. The van der Waals surface area contributed by atoms with Crippen LogP contribution in [0.4, 0.5) is 11.4 Å². The largest absolute Gasteiger partial charge is 0.465 e. The Balaban J connectivity index is 1.98. The second kappa shape index (κ2) is 10.4. The molecule has 190 valence electrons. The number of rotatable bonds is 7. The lowest BCUT2D eigenvalue weighted by atomic mass is 9.86. The number of hydrogen-bond donors (Lipinski definition) is 0. The van der Waals surface area contributed by atoms with Crippen molar-refractivity contribution < 1.29 is 22.9 Å². The standard InChI is InChI=1S/C28H26N2O6S/c1-4-23-24-8-6-7-9-26(24)29(37(34,35)22-16-10-19(3)11-17-22)18-25(28(31)36-5-2)27(23)20-12-14-21(15-13-20)30(32)33/h4,6-17,25H,1,5,18H2,2-3H3/t25-/m1/s1. The molecule has 0 N–H and O–H groups in total. The number of sulfonamides is 1. The second-order valence-electron chi connectivity index (χ2n) is 8.51. The number of allylic oxidation sites excluding steroid dienone is 2. The van der Waals surface area contributed by atoms with Gasteiger partial charge in [-0.05, 0) is 60.9 Å². The Kier molecular flexibility index (Phi) is 7.26. The first-order chi connectivity index (χ1) is 17.7. The van der Waals surface area contributed by atoms with E-state index in [1.807, 2.05) is 6.92 Å². The summed E-state index contributed by atoms with van der Waals surface area (Å²) >= 11 is 0. The van der Waals surface area contributed by atoms with Gasteiger partial charge in [0.05, 0.1) is 28.7 Å². The molecule has 1 heterocycles. The fourth-order valence-corrected chi connectivity index (χ4v) is 5.94. The Morgan fingerprint density at radius 2 is 1.76 bits per heavy atom. The molecule has 0 saturated heterocycles. The molecule has 0 aromatic heterocycles. The average Bonchev–Trinajstić information content (AvgIpc) is 3.04. The number of carbonyl (C=O) groups excluding carboxylic acids is 1. The number of aryl methyl sites for hydroxylation is 1. The molecule has 0 radical (unpaired) electrons. The highest BCUT2D eigenvalue weighted by Gasteiger charge is 2.39. The lowest BCUT2D eigenvalue weighted by Crippen LogP contribution is -2.38. The van der Waals surface area contributed by atoms with Crippen molar-refractivity contribution in [2.24, 2.45) is 5.92 Å². The number of nitro benzene ring substituents is 1. The molecule has 0 bridgehead atoms. The number of ether oxygens (including phenoxy) is 1. The zero-order valence-electron chi connectivity index (χ0n) is 20.5. The first-order valence-corrected chi connectivity index (χ1v) is 13.1. The molecule has 3 aromatic rings. The van der Waals surface area contributed by atoms with E-state index in [1.165, 1.54) is 28.6 Å². The Morgan fingerprint density at radius 1 is 1.11 bits per heavy atom. The molecule has 0 aliphatic carbocycles. The summed E-state index contributed by atoms with van der Waals surface area (Å²) in [5, 5.41) is 11.2. The molecule has 0 amide bonds. The summed E-state index contributed by atoms with van der Waals surface area (Å²) in [6.07, 6.45) is 1.57. The van der Waals surface area contributed by atoms with E-state index in [9.17, 15) is 23.3 Å². The van der Waals surface area contributed by atoms with Crippen molar-refractivity contribution in [3.8, 4) is 0 Å². The fourth-order valence-electron chi connectivity index (χ4n) is 4.45. The van der Waals surface area contributed by atoms with Crippen molar-refractivity contribution in [2.75, 3.05) is 17.5 Å². The minimum absolute atomic E-state index is 0.0921. The minimum atomic E-state index is -4.08. The van der Waals surface area contributed by atoms with Gasteiger partial charge in [0.2, 0.25) is 0 Å². The quantitative estimate of drug-likeness (QED) is 0.236. The second-order valence-corrected chi connectivity index (χ2v) is 10.4. The molecule has 0 fully saturated rings. The summed E-state index contributed by atoms with van der Waals surface area (Å²) in [6, 6.07) is 19.3. The van der Waals surface area contributed by atoms with Gasteiger partial charge in [-0.1, -0.05) is 48.6 Å². The molecule has 0 saturated carbocycles. The van der Waals surface area contributed by atoms with Gasteiger partial charge in [0.1, 0.15) is 5.92 Å². The summed E-state index contributed by atoms with van der Waals surface area (Å²) in [4.78, 5) is 24.2. The van der Waals surface area contributed by atoms with Crippen molar-refractivity contribution in [3.05, 3.63) is 112 Å². The van der Waals surface area contributed by atoms with Crippen LogP contribution in [0.25, 0.3) is 11.1 Å².